The molecular formula is C45H30S. The molecule has 216 valence electrons. The van der Waals surface area contributed by atoms with Gasteiger partial charge in [0.05, 0.1) is 0 Å². The summed E-state index contributed by atoms with van der Waals surface area (Å²) in [4.78, 5) is 0. The van der Waals surface area contributed by atoms with Crippen molar-refractivity contribution in [3.8, 4) is 33.4 Å². The Labute approximate surface area is 272 Å². The van der Waals surface area contributed by atoms with Crippen LogP contribution in [0.4, 0.5) is 0 Å². The third kappa shape index (κ3) is 3.44. The molecule has 0 nitrogen and oxygen atoms in total. The SMILES string of the molecule is CC1(C)c2c(cccc2-c2c3ccccc3c(-c3ccc4sc5ccccc5c4c3)c3ccccc23)-c2ccc3ccccc3c21. The molecule has 0 saturated carbocycles. The molecule has 1 heterocycles. The van der Waals surface area contributed by atoms with E-state index in [-0.39, 0.29) is 5.41 Å². The van der Waals surface area contributed by atoms with Gasteiger partial charge in [-0.05, 0) is 95.0 Å². The van der Waals surface area contributed by atoms with Gasteiger partial charge < -0.3 is 0 Å². The molecule has 8 aromatic carbocycles. The summed E-state index contributed by atoms with van der Waals surface area (Å²) < 4.78 is 2.68. The molecule has 46 heavy (non-hydrogen) atoms. The van der Waals surface area contributed by atoms with Gasteiger partial charge in [-0.25, -0.2) is 0 Å². The van der Waals surface area contributed by atoms with Crippen molar-refractivity contribution in [1.82, 2.24) is 0 Å². The van der Waals surface area contributed by atoms with E-state index in [4.69, 9.17) is 0 Å². The van der Waals surface area contributed by atoms with Gasteiger partial charge >= 0.3 is 0 Å². The highest BCUT2D eigenvalue weighted by Gasteiger charge is 2.39. The van der Waals surface area contributed by atoms with Crippen LogP contribution in [0.3, 0.4) is 0 Å². The molecule has 0 atom stereocenters. The van der Waals surface area contributed by atoms with Crippen molar-refractivity contribution in [2.75, 3.05) is 0 Å². The Kier molecular flexibility index (Phi) is 5.31. The fourth-order valence-corrected chi connectivity index (χ4v) is 9.65. The summed E-state index contributed by atoms with van der Waals surface area (Å²) in [5.41, 5.74) is 10.7. The lowest BCUT2D eigenvalue weighted by molar-refractivity contribution is 0.668. The highest BCUT2D eigenvalue weighted by Crippen LogP contribution is 2.56. The van der Waals surface area contributed by atoms with Crippen LogP contribution in [0, 0.1) is 0 Å². The Morgan fingerprint density at radius 3 is 1.70 bits per heavy atom. The highest BCUT2D eigenvalue weighted by atomic mass is 32.1. The van der Waals surface area contributed by atoms with E-state index >= 15 is 0 Å². The first-order valence-corrected chi connectivity index (χ1v) is 16.9. The zero-order valence-corrected chi connectivity index (χ0v) is 26.6. The number of benzene rings is 8. The molecule has 10 rings (SSSR count). The lowest BCUT2D eigenvalue weighted by Gasteiger charge is -2.27. The van der Waals surface area contributed by atoms with Gasteiger partial charge in [0.15, 0.2) is 0 Å². The van der Waals surface area contributed by atoms with Crippen LogP contribution >= 0.6 is 11.3 Å². The van der Waals surface area contributed by atoms with Crippen molar-refractivity contribution in [1.29, 1.82) is 0 Å². The molecule has 0 fully saturated rings. The Hall–Kier alpha value is -5.24. The highest BCUT2D eigenvalue weighted by molar-refractivity contribution is 7.25. The van der Waals surface area contributed by atoms with Crippen LogP contribution in [0.2, 0.25) is 0 Å². The minimum absolute atomic E-state index is 0.159. The van der Waals surface area contributed by atoms with Gasteiger partial charge in [-0.1, -0.05) is 141 Å². The second-order valence-corrected chi connectivity index (χ2v) is 14.3. The molecule has 0 unspecified atom stereocenters. The zero-order chi connectivity index (χ0) is 30.6. The van der Waals surface area contributed by atoms with Crippen LogP contribution in [0.5, 0.6) is 0 Å². The number of hydrogen-bond acceptors (Lipinski definition) is 1. The molecule has 0 amide bonds. The molecule has 0 aliphatic heterocycles. The van der Waals surface area contributed by atoms with E-state index < -0.39 is 0 Å². The van der Waals surface area contributed by atoms with Gasteiger partial charge in [0.2, 0.25) is 0 Å². The smallest absolute Gasteiger partial charge is 0.0355 e. The molecule has 0 radical (unpaired) electrons. The Bertz CT molecular complexity index is 2660. The van der Waals surface area contributed by atoms with Crippen LogP contribution in [0.15, 0.2) is 146 Å². The third-order valence-electron chi connectivity index (χ3n) is 10.4. The second-order valence-electron chi connectivity index (χ2n) is 13.2. The average molecular weight is 603 g/mol. The van der Waals surface area contributed by atoms with E-state index in [1.54, 1.807) is 0 Å². The normalized spacial score (nSPS) is 13.6. The van der Waals surface area contributed by atoms with Crippen molar-refractivity contribution < 1.29 is 0 Å². The summed E-state index contributed by atoms with van der Waals surface area (Å²) in [6.07, 6.45) is 0. The average Bonchev–Trinajstić information content (AvgIpc) is 3.59. The Balaban J connectivity index is 1.30. The van der Waals surface area contributed by atoms with Gasteiger partial charge in [-0.3, -0.25) is 0 Å². The number of rotatable bonds is 2. The fourth-order valence-electron chi connectivity index (χ4n) is 8.56. The van der Waals surface area contributed by atoms with Crippen LogP contribution in [-0.4, -0.2) is 0 Å². The van der Waals surface area contributed by atoms with E-state index in [1.165, 1.54) is 97.0 Å². The topological polar surface area (TPSA) is 0 Å². The summed E-state index contributed by atoms with van der Waals surface area (Å²) in [5, 5.41) is 10.5. The maximum Gasteiger partial charge on any atom is 0.0355 e. The minimum Gasteiger partial charge on any atom is -0.135 e. The zero-order valence-electron chi connectivity index (χ0n) is 25.8. The molecule has 1 aliphatic rings. The number of fused-ring (bicyclic) bond motifs is 10. The van der Waals surface area contributed by atoms with Gasteiger partial charge in [-0.2, -0.15) is 0 Å². The van der Waals surface area contributed by atoms with Crippen LogP contribution < -0.4 is 0 Å². The first-order chi connectivity index (χ1) is 22.6. The first-order valence-electron chi connectivity index (χ1n) is 16.1. The monoisotopic (exact) mass is 602 g/mol. The maximum absolute atomic E-state index is 2.42. The molecular weight excluding hydrogens is 573 g/mol. The Morgan fingerprint density at radius 2 is 0.957 bits per heavy atom. The molecule has 0 bridgehead atoms. The molecule has 0 N–H and O–H groups in total. The quantitative estimate of drug-likeness (QED) is 0.173. The van der Waals surface area contributed by atoms with Crippen molar-refractivity contribution in [2.24, 2.45) is 0 Å². The minimum atomic E-state index is -0.159. The lowest BCUT2D eigenvalue weighted by atomic mass is 9.76. The van der Waals surface area contributed by atoms with Gasteiger partial charge in [0, 0.05) is 25.6 Å². The van der Waals surface area contributed by atoms with Crippen molar-refractivity contribution in [3.63, 3.8) is 0 Å². The van der Waals surface area contributed by atoms with Crippen LogP contribution in [0.25, 0.3) is 85.9 Å². The van der Waals surface area contributed by atoms with E-state index in [1.807, 2.05) is 11.3 Å². The van der Waals surface area contributed by atoms with Gasteiger partial charge in [0.25, 0.3) is 0 Å². The first kappa shape index (κ1) is 26.0. The molecule has 0 saturated heterocycles. The Morgan fingerprint density at radius 1 is 0.391 bits per heavy atom. The van der Waals surface area contributed by atoms with Crippen molar-refractivity contribution >= 4 is 63.8 Å². The lowest BCUT2D eigenvalue weighted by Crippen LogP contribution is -2.17. The summed E-state index contributed by atoms with van der Waals surface area (Å²) in [6, 6.07) is 54.5. The molecule has 1 heteroatoms. The van der Waals surface area contributed by atoms with E-state index in [0.29, 0.717) is 0 Å². The van der Waals surface area contributed by atoms with E-state index in [2.05, 4.69) is 159 Å². The van der Waals surface area contributed by atoms with Gasteiger partial charge in [0.1, 0.15) is 0 Å². The van der Waals surface area contributed by atoms with E-state index in [9.17, 15) is 0 Å². The van der Waals surface area contributed by atoms with Crippen molar-refractivity contribution in [2.45, 2.75) is 19.3 Å². The molecule has 0 spiro atoms. The van der Waals surface area contributed by atoms with Gasteiger partial charge in [-0.15, -0.1) is 11.3 Å². The van der Waals surface area contributed by atoms with Crippen LogP contribution in [-0.2, 0) is 5.41 Å². The molecule has 1 aromatic heterocycles. The second kappa shape index (κ2) is 9.39. The van der Waals surface area contributed by atoms with Crippen LogP contribution in [0.1, 0.15) is 25.0 Å². The predicted octanol–water partition coefficient (Wildman–Crippen LogP) is 13.2. The third-order valence-corrected chi connectivity index (χ3v) is 11.6. The fraction of sp³-hybridized carbons (Fsp3) is 0.0667. The predicted molar refractivity (Wildman–Crippen MR) is 200 cm³/mol. The summed E-state index contributed by atoms with van der Waals surface area (Å²) >= 11 is 1.88. The standard InChI is InChI=1S/C45H30S/c1-45(2)43-29-13-4-3-12-27(29)22-24-36(43)35-19-11-20-37(44(35)45)42-33-17-7-5-15-31(33)41(32-16-6-8-18-34(32)42)28-23-25-40-38(26-28)30-14-9-10-21-39(30)46-40/h3-26H,1-2H3. The summed E-state index contributed by atoms with van der Waals surface area (Å²) in [5.74, 6) is 0. The summed E-state index contributed by atoms with van der Waals surface area (Å²) in [7, 11) is 0. The van der Waals surface area contributed by atoms with E-state index in [0.717, 1.165) is 0 Å². The summed E-state index contributed by atoms with van der Waals surface area (Å²) in [6.45, 7) is 4.85. The number of thiophene rings is 1. The molecule has 9 aromatic rings. The maximum atomic E-state index is 2.42. The van der Waals surface area contributed by atoms with Crippen molar-refractivity contribution in [3.05, 3.63) is 157 Å². The number of hydrogen-bond donors (Lipinski definition) is 0. The largest absolute Gasteiger partial charge is 0.135 e. The molecule has 1 aliphatic carbocycles.